The van der Waals surface area contributed by atoms with Crippen molar-refractivity contribution in [2.75, 3.05) is 0 Å². The van der Waals surface area contributed by atoms with Gasteiger partial charge in [-0.25, -0.2) is 0 Å². The quantitative estimate of drug-likeness (QED) is 0.769. The molecule has 1 aromatic carbocycles. The molecule has 1 aromatic rings. The van der Waals surface area contributed by atoms with E-state index >= 15 is 0 Å². The van der Waals surface area contributed by atoms with E-state index in [2.05, 4.69) is 13.8 Å². The molecule has 0 bridgehead atoms. The Kier molecular flexibility index (Phi) is 5.17. The fourth-order valence-electron chi connectivity index (χ4n) is 1.84. The van der Waals surface area contributed by atoms with E-state index in [0.29, 0.717) is 5.75 Å². The molecule has 0 aromatic heterocycles. The van der Waals surface area contributed by atoms with E-state index in [1.807, 2.05) is 6.07 Å². The molecule has 90 valence electrons. The van der Waals surface area contributed by atoms with Gasteiger partial charge in [0.2, 0.25) is 0 Å². The molecule has 0 saturated carbocycles. The van der Waals surface area contributed by atoms with Gasteiger partial charge in [0.1, 0.15) is 11.5 Å². The highest BCUT2D eigenvalue weighted by molar-refractivity contribution is 5.48. The van der Waals surface area contributed by atoms with Crippen LogP contribution in [0.25, 0.3) is 0 Å². The van der Waals surface area contributed by atoms with Crippen LogP contribution in [0.5, 0.6) is 11.5 Å². The monoisotopic (exact) mass is 222 g/mol. The number of hydrogen-bond acceptors (Lipinski definition) is 2. The first-order valence-electron chi connectivity index (χ1n) is 6.23. The molecule has 16 heavy (non-hydrogen) atoms. The van der Waals surface area contributed by atoms with Gasteiger partial charge in [-0.2, -0.15) is 0 Å². The summed E-state index contributed by atoms with van der Waals surface area (Å²) in [6.07, 6.45) is 5.91. The maximum atomic E-state index is 10.1. The summed E-state index contributed by atoms with van der Waals surface area (Å²) in [6, 6.07) is 3.53. The van der Waals surface area contributed by atoms with Crippen molar-refractivity contribution in [1.82, 2.24) is 0 Å². The second-order valence-electron chi connectivity index (χ2n) is 4.28. The highest BCUT2D eigenvalue weighted by Crippen LogP contribution is 2.32. The van der Waals surface area contributed by atoms with Crippen LogP contribution in [0.3, 0.4) is 0 Å². The van der Waals surface area contributed by atoms with Crippen LogP contribution in [-0.4, -0.2) is 10.2 Å². The third kappa shape index (κ3) is 3.16. The van der Waals surface area contributed by atoms with E-state index in [9.17, 15) is 10.2 Å². The predicted molar refractivity (Wildman–Crippen MR) is 67.0 cm³/mol. The van der Waals surface area contributed by atoms with Crippen molar-refractivity contribution in [2.45, 2.75) is 52.4 Å². The van der Waals surface area contributed by atoms with Gasteiger partial charge >= 0.3 is 0 Å². The zero-order valence-corrected chi connectivity index (χ0v) is 10.3. The van der Waals surface area contributed by atoms with E-state index in [1.54, 1.807) is 6.07 Å². The zero-order chi connectivity index (χ0) is 12.0. The molecule has 1 rings (SSSR count). The van der Waals surface area contributed by atoms with E-state index < -0.39 is 0 Å². The first-order chi connectivity index (χ1) is 7.70. The molecule has 0 aliphatic heterocycles. The summed E-state index contributed by atoms with van der Waals surface area (Å²) in [5.74, 6) is 0.535. The second kappa shape index (κ2) is 6.41. The lowest BCUT2D eigenvalue weighted by Crippen LogP contribution is -1.93. The standard InChI is InChI=1S/C14H22O2/c1-3-5-7-11-9-10-13(15)12(14(11)16)8-6-4-2/h9-10,15-16H,3-8H2,1-2H3. The van der Waals surface area contributed by atoms with Crippen LogP contribution >= 0.6 is 0 Å². The normalized spacial score (nSPS) is 10.6. The number of phenols is 2. The molecular formula is C14H22O2. The van der Waals surface area contributed by atoms with Crippen molar-refractivity contribution >= 4 is 0 Å². The maximum Gasteiger partial charge on any atom is 0.125 e. The molecule has 0 atom stereocenters. The fourth-order valence-corrected chi connectivity index (χ4v) is 1.84. The minimum atomic E-state index is 0.228. The third-order valence-corrected chi connectivity index (χ3v) is 2.92. The van der Waals surface area contributed by atoms with E-state index in [4.69, 9.17) is 0 Å². The van der Waals surface area contributed by atoms with Crippen LogP contribution in [0.4, 0.5) is 0 Å². The lowest BCUT2D eigenvalue weighted by Gasteiger charge is -2.11. The topological polar surface area (TPSA) is 40.5 Å². The predicted octanol–water partition coefficient (Wildman–Crippen LogP) is 3.78. The van der Waals surface area contributed by atoms with Crippen LogP contribution in [-0.2, 0) is 12.8 Å². The molecule has 0 aliphatic rings. The number of rotatable bonds is 6. The average Bonchev–Trinajstić information content (AvgIpc) is 2.28. The SMILES string of the molecule is CCCCc1ccc(O)c(CCCC)c1O. The molecule has 2 heteroatoms. The van der Waals surface area contributed by atoms with Crippen molar-refractivity contribution < 1.29 is 10.2 Å². The van der Waals surface area contributed by atoms with E-state index in [1.165, 1.54) is 0 Å². The van der Waals surface area contributed by atoms with E-state index in [0.717, 1.165) is 49.7 Å². The molecule has 0 aliphatic carbocycles. The number of hydrogen-bond donors (Lipinski definition) is 2. The van der Waals surface area contributed by atoms with Gasteiger partial charge < -0.3 is 10.2 Å². The van der Waals surface area contributed by atoms with Crippen LogP contribution in [0.2, 0.25) is 0 Å². The fraction of sp³-hybridized carbons (Fsp3) is 0.571. The Labute approximate surface area is 97.9 Å². The first-order valence-corrected chi connectivity index (χ1v) is 6.23. The van der Waals surface area contributed by atoms with Gasteiger partial charge in [-0.15, -0.1) is 0 Å². The van der Waals surface area contributed by atoms with Gasteiger partial charge in [-0.3, -0.25) is 0 Å². The number of benzene rings is 1. The number of aromatic hydroxyl groups is 2. The van der Waals surface area contributed by atoms with Gasteiger partial charge in [0.25, 0.3) is 0 Å². The van der Waals surface area contributed by atoms with Crippen LogP contribution in [0, 0.1) is 0 Å². The highest BCUT2D eigenvalue weighted by Gasteiger charge is 2.11. The minimum absolute atomic E-state index is 0.228. The van der Waals surface area contributed by atoms with Crippen molar-refractivity contribution in [1.29, 1.82) is 0 Å². The highest BCUT2D eigenvalue weighted by atomic mass is 16.3. The Hall–Kier alpha value is -1.18. The number of aryl methyl sites for hydroxylation is 1. The molecule has 2 nitrogen and oxygen atoms in total. The molecule has 0 unspecified atom stereocenters. The van der Waals surface area contributed by atoms with Gasteiger partial charge in [-0.1, -0.05) is 32.8 Å². The van der Waals surface area contributed by atoms with Crippen LogP contribution in [0.15, 0.2) is 12.1 Å². The second-order valence-corrected chi connectivity index (χ2v) is 4.28. The van der Waals surface area contributed by atoms with Crippen LogP contribution < -0.4 is 0 Å². The summed E-state index contributed by atoms with van der Waals surface area (Å²) in [5, 5.41) is 19.8. The molecule has 0 saturated heterocycles. The Bertz CT molecular complexity index is 332. The largest absolute Gasteiger partial charge is 0.508 e. The number of phenolic OH excluding ortho intramolecular Hbond substituents is 2. The van der Waals surface area contributed by atoms with E-state index in [-0.39, 0.29) is 5.75 Å². The number of unbranched alkanes of at least 4 members (excludes halogenated alkanes) is 2. The van der Waals surface area contributed by atoms with Gasteiger partial charge in [-0.05, 0) is 37.3 Å². The van der Waals surface area contributed by atoms with Crippen molar-refractivity contribution in [3.8, 4) is 11.5 Å². The Morgan fingerprint density at radius 2 is 1.56 bits per heavy atom. The molecule has 0 amide bonds. The maximum absolute atomic E-state index is 10.1. The van der Waals surface area contributed by atoms with Crippen molar-refractivity contribution in [2.24, 2.45) is 0 Å². The van der Waals surface area contributed by atoms with Gasteiger partial charge in [0.15, 0.2) is 0 Å². The molecule has 0 spiro atoms. The summed E-state index contributed by atoms with van der Waals surface area (Å²) in [7, 11) is 0. The Morgan fingerprint density at radius 3 is 2.19 bits per heavy atom. The third-order valence-electron chi connectivity index (χ3n) is 2.92. The molecule has 0 radical (unpaired) electrons. The summed E-state index contributed by atoms with van der Waals surface area (Å²) in [4.78, 5) is 0. The first kappa shape index (κ1) is 12.9. The van der Waals surface area contributed by atoms with Crippen molar-refractivity contribution in [3.63, 3.8) is 0 Å². The smallest absolute Gasteiger partial charge is 0.125 e. The lowest BCUT2D eigenvalue weighted by atomic mass is 9.99. The zero-order valence-electron chi connectivity index (χ0n) is 10.3. The molecule has 2 N–H and O–H groups in total. The Balaban J connectivity index is 2.87. The average molecular weight is 222 g/mol. The molecule has 0 fully saturated rings. The summed E-state index contributed by atoms with van der Waals surface area (Å²) in [6.45, 7) is 4.24. The van der Waals surface area contributed by atoms with Gasteiger partial charge in [0.05, 0.1) is 0 Å². The molecule has 0 heterocycles. The lowest BCUT2D eigenvalue weighted by molar-refractivity contribution is 0.431. The summed E-state index contributed by atoms with van der Waals surface area (Å²) in [5.41, 5.74) is 1.68. The van der Waals surface area contributed by atoms with Crippen LogP contribution in [0.1, 0.15) is 50.7 Å². The van der Waals surface area contributed by atoms with Crippen molar-refractivity contribution in [3.05, 3.63) is 23.3 Å². The molecular weight excluding hydrogens is 200 g/mol. The summed E-state index contributed by atoms with van der Waals surface area (Å²) >= 11 is 0. The Morgan fingerprint density at radius 1 is 0.938 bits per heavy atom. The minimum Gasteiger partial charge on any atom is -0.508 e. The van der Waals surface area contributed by atoms with Gasteiger partial charge in [0, 0.05) is 5.56 Å². The summed E-state index contributed by atoms with van der Waals surface area (Å²) < 4.78 is 0.